The maximum Gasteiger partial charge on any atom is 0.317 e. The summed E-state index contributed by atoms with van der Waals surface area (Å²) in [5, 5.41) is 6.47. The van der Waals surface area contributed by atoms with Crippen molar-refractivity contribution in [1.82, 2.24) is 15.5 Å². The Bertz CT molecular complexity index is 220. The fourth-order valence-electron chi connectivity index (χ4n) is 2.57. The second-order valence-corrected chi connectivity index (χ2v) is 4.86. The van der Waals surface area contributed by atoms with Gasteiger partial charge >= 0.3 is 6.03 Å². The number of likely N-dealkylation sites (tertiary alicyclic amines) is 1. The molecule has 16 heavy (non-hydrogen) atoms. The zero-order valence-electron chi connectivity index (χ0n) is 10.0. The van der Waals surface area contributed by atoms with Crippen molar-refractivity contribution < 1.29 is 4.79 Å². The van der Waals surface area contributed by atoms with E-state index in [1.54, 1.807) is 0 Å². The molecule has 2 aliphatic heterocycles. The summed E-state index contributed by atoms with van der Waals surface area (Å²) < 4.78 is 0. The third-order valence-corrected chi connectivity index (χ3v) is 3.57. The van der Waals surface area contributed by atoms with Crippen LogP contribution in [0.3, 0.4) is 0 Å². The number of hydrogen-bond acceptors (Lipinski definition) is 2. The molecule has 1 atom stereocenters. The summed E-state index contributed by atoms with van der Waals surface area (Å²) in [6, 6.07) is 0.763. The van der Waals surface area contributed by atoms with Crippen LogP contribution in [0.5, 0.6) is 0 Å². The van der Waals surface area contributed by atoms with E-state index in [1.165, 1.54) is 19.3 Å². The molecule has 0 saturated carbocycles. The van der Waals surface area contributed by atoms with Crippen LogP contribution in [0.4, 0.5) is 4.79 Å². The van der Waals surface area contributed by atoms with Crippen LogP contribution in [0.1, 0.15) is 38.5 Å². The van der Waals surface area contributed by atoms with Crippen LogP contribution in [0.15, 0.2) is 0 Å². The molecule has 2 saturated heterocycles. The van der Waals surface area contributed by atoms with E-state index in [1.807, 2.05) is 4.90 Å². The fourth-order valence-corrected chi connectivity index (χ4v) is 2.57. The van der Waals surface area contributed by atoms with E-state index in [0.29, 0.717) is 6.04 Å². The summed E-state index contributed by atoms with van der Waals surface area (Å²) in [6.07, 6.45) is 7.22. The molecular formula is C12H23N3O. The van der Waals surface area contributed by atoms with Gasteiger partial charge in [-0.3, -0.25) is 0 Å². The average Bonchev–Trinajstić information content (AvgIpc) is 2.83. The van der Waals surface area contributed by atoms with Crippen molar-refractivity contribution in [2.24, 2.45) is 0 Å². The predicted octanol–water partition coefficient (Wildman–Crippen LogP) is 1.32. The number of piperidine rings is 1. The highest BCUT2D eigenvalue weighted by molar-refractivity contribution is 5.74. The van der Waals surface area contributed by atoms with Gasteiger partial charge in [0.25, 0.3) is 0 Å². The maximum atomic E-state index is 11.8. The van der Waals surface area contributed by atoms with Gasteiger partial charge in [-0.2, -0.15) is 0 Å². The Morgan fingerprint density at radius 2 is 2.06 bits per heavy atom. The molecule has 0 bridgehead atoms. The van der Waals surface area contributed by atoms with Gasteiger partial charge in [-0.05, 0) is 45.1 Å². The highest BCUT2D eigenvalue weighted by Gasteiger charge is 2.17. The number of amides is 2. The molecule has 2 N–H and O–H groups in total. The van der Waals surface area contributed by atoms with Crippen molar-refractivity contribution in [1.29, 1.82) is 0 Å². The highest BCUT2D eigenvalue weighted by Crippen LogP contribution is 2.09. The topological polar surface area (TPSA) is 44.4 Å². The molecule has 1 unspecified atom stereocenters. The summed E-state index contributed by atoms with van der Waals surface area (Å²) in [5.74, 6) is 0. The second kappa shape index (κ2) is 6.09. The monoisotopic (exact) mass is 225 g/mol. The van der Waals surface area contributed by atoms with Crippen molar-refractivity contribution in [2.45, 2.75) is 44.6 Å². The third kappa shape index (κ3) is 3.37. The molecule has 2 fully saturated rings. The molecule has 2 amide bonds. The number of urea groups is 1. The van der Waals surface area contributed by atoms with Crippen LogP contribution in [0.2, 0.25) is 0 Å². The Kier molecular flexibility index (Phi) is 4.45. The highest BCUT2D eigenvalue weighted by atomic mass is 16.2. The number of carbonyl (C=O) groups excluding carboxylic acids is 1. The zero-order valence-corrected chi connectivity index (χ0v) is 10.0. The first-order valence-electron chi connectivity index (χ1n) is 6.62. The Hall–Kier alpha value is -0.770. The van der Waals surface area contributed by atoms with E-state index < -0.39 is 0 Å². The van der Waals surface area contributed by atoms with Crippen LogP contribution < -0.4 is 10.6 Å². The molecule has 4 heteroatoms. The Balaban J connectivity index is 1.59. The van der Waals surface area contributed by atoms with E-state index >= 15 is 0 Å². The second-order valence-electron chi connectivity index (χ2n) is 4.86. The Morgan fingerprint density at radius 1 is 1.25 bits per heavy atom. The lowest BCUT2D eigenvalue weighted by atomic mass is 10.1. The molecule has 2 aliphatic rings. The van der Waals surface area contributed by atoms with Crippen LogP contribution in [0.25, 0.3) is 0 Å². The minimum Gasteiger partial charge on any atom is -0.338 e. The largest absolute Gasteiger partial charge is 0.338 e. The van der Waals surface area contributed by atoms with Crippen molar-refractivity contribution in [3.8, 4) is 0 Å². The summed E-state index contributed by atoms with van der Waals surface area (Å²) in [7, 11) is 0. The molecule has 0 aromatic carbocycles. The van der Waals surface area contributed by atoms with Gasteiger partial charge < -0.3 is 15.5 Å². The summed E-state index contributed by atoms with van der Waals surface area (Å²) in [6.45, 7) is 3.83. The third-order valence-electron chi connectivity index (χ3n) is 3.57. The van der Waals surface area contributed by atoms with E-state index in [4.69, 9.17) is 0 Å². The number of rotatable bonds is 3. The van der Waals surface area contributed by atoms with E-state index in [-0.39, 0.29) is 6.03 Å². The first kappa shape index (κ1) is 11.7. The van der Waals surface area contributed by atoms with Gasteiger partial charge in [0.15, 0.2) is 0 Å². The molecule has 4 nitrogen and oxygen atoms in total. The summed E-state index contributed by atoms with van der Waals surface area (Å²) >= 11 is 0. The van der Waals surface area contributed by atoms with Gasteiger partial charge in [0.1, 0.15) is 0 Å². The van der Waals surface area contributed by atoms with Crippen LogP contribution in [-0.4, -0.2) is 43.2 Å². The first-order chi connectivity index (χ1) is 7.86. The molecule has 0 radical (unpaired) electrons. The molecule has 0 aromatic rings. The molecule has 2 rings (SSSR count). The first-order valence-corrected chi connectivity index (χ1v) is 6.62. The Morgan fingerprint density at radius 3 is 2.75 bits per heavy atom. The van der Waals surface area contributed by atoms with Gasteiger partial charge in [0.05, 0.1) is 0 Å². The summed E-state index contributed by atoms with van der Waals surface area (Å²) in [4.78, 5) is 13.7. The molecule has 92 valence electrons. The lowest BCUT2D eigenvalue weighted by molar-refractivity contribution is 0.186. The molecule has 0 aromatic heterocycles. The maximum absolute atomic E-state index is 11.8. The normalized spacial score (nSPS) is 25.8. The number of nitrogens with one attached hydrogen (secondary N) is 2. The van der Waals surface area contributed by atoms with E-state index in [2.05, 4.69) is 10.6 Å². The molecule has 0 aliphatic carbocycles. The molecular weight excluding hydrogens is 202 g/mol. The van der Waals surface area contributed by atoms with E-state index in [9.17, 15) is 4.79 Å². The lowest BCUT2D eigenvalue weighted by Crippen LogP contribution is -2.43. The van der Waals surface area contributed by atoms with Gasteiger partial charge in [0.2, 0.25) is 0 Å². The standard InChI is InChI=1S/C12H23N3O/c16-12(15-9-2-1-3-10-15)14-8-6-11-5-4-7-13-11/h11,13H,1-10H2,(H,14,16). The predicted molar refractivity (Wildman–Crippen MR) is 64.5 cm³/mol. The Labute approximate surface area is 97.8 Å². The van der Waals surface area contributed by atoms with E-state index in [0.717, 1.165) is 45.4 Å². The van der Waals surface area contributed by atoms with Crippen LogP contribution in [0, 0.1) is 0 Å². The molecule has 2 heterocycles. The minimum absolute atomic E-state index is 0.137. The van der Waals surface area contributed by atoms with Gasteiger partial charge in [-0.25, -0.2) is 4.79 Å². The fraction of sp³-hybridized carbons (Fsp3) is 0.917. The summed E-state index contributed by atoms with van der Waals surface area (Å²) in [5.41, 5.74) is 0. The lowest BCUT2D eigenvalue weighted by Gasteiger charge is -2.27. The van der Waals surface area contributed by atoms with Crippen molar-refractivity contribution in [3.05, 3.63) is 0 Å². The van der Waals surface area contributed by atoms with Gasteiger partial charge in [-0.1, -0.05) is 0 Å². The minimum atomic E-state index is 0.137. The smallest absolute Gasteiger partial charge is 0.317 e. The average molecular weight is 225 g/mol. The number of carbonyl (C=O) groups is 1. The van der Waals surface area contributed by atoms with Crippen molar-refractivity contribution in [2.75, 3.05) is 26.2 Å². The SMILES string of the molecule is O=C(NCCC1CCCN1)N1CCCCC1. The van der Waals surface area contributed by atoms with Gasteiger partial charge in [0, 0.05) is 25.7 Å². The number of hydrogen-bond donors (Lipinski definition) is 2. The number of nitrogens with zero attached hydrogens (tertiary/aromatic N) is 1. The molecule has 0 spiro atoms. The van der Waals surface area contributed by atoms with Crippen LogP contribution >= 0.6 is 0 Å². The van der Waals surface area contributed by atoms with Crippen molar-refractivity contribution >= 4 is 6.03 Å². The van der Waals surface area contributed by atoms with Crippen LogP contribution in [-0.2, 0) is 0 Å². The quantitative estimate of drug-likeness (QED) is 0.761. The van der Waals surface area contributed by atoms with Crippen molar-refractivity contribution in [3.63, 3.8) is 0 Å². The van der Waals surface area contributed by atoms with Gasteiger partial charge in [-0.15, -0.1) is 0 Å². The zero-order chi connectivity index (χ0) is 11.2.